The highest BCUT2D eigenvalue weighted by molar-refractivity contribution is 4.62. The summed E-state index contributed by atoms with van der Waals surface area (Å²) in [5.74, 6) is 0. The Morgan fingerprint density at radius 3 is 2.12 bits per heavy atom. The third-order valence-electron chi connectivity index (χ3n) is 3.54. The van der Waals surface area contributed by atoms with Crippen molar-refractivity contribution in [3.63, 3.8) is 0 Å². The van der Waals surface area contributed by atoms with Crippen LogP contribution in [0.5, 0.6) is 0 Å². The van der Waals surface area contributed by atoms with Crippen molar-refractivity contribution in [1.29, 1.82) is 0 Å². The van der Waals surface area contributed by atoms with Crippen LogP contribution < -0.4 is 0 Å². The summed E-state index contributed by atoms with van der Waals surface area (Å²) in [5.41, 5.74) is 0. The first kappa shape index (κ1) is 14.9. The first-order valence-corrected chi connectivity index (χ1v) is 7.46. The second-order valence-corrected chi connectivity index (χ2v) is 5.21. The SMILES string of the molecule is CCCCCCCCCCCC1CCN(O)O1. The molecule has 1 N–H and O–H groups in total. The molecule has 1 saturated heterocycles. The molecule has 17 heavy (non-hydrogen) atoms. The van der Waals surface area contributed by atoms with Gasteiger partial charge in [-0.2, -0.15) is 0 Å². The Morgan fingerprint density at radius 1 is 1.00 bits per heavy atom. The van der Waals surface area contributed by atoms with Crippen LogP contribution in [0.3, 0.4) is 0 Å². The molecule has 0 aromatic heterocycles. The lowest BCUT2D eigenvalue weighted by Gasteiger charge is -2.09. The van der Waals surface area contributed by atoms with Crippen molar-refractivity contribution in [2.75, 3.05) is 6.54 Å². The Bertz CT molecular complexity index is 176. The highest BCUT2D eigenvalue weighted by atomic mass is 16.9. The topological polar surface area (TPSA) is 32.7 Å². The van der Waals surface area contributed by atoms with Crippen molar-refractivity contribution in [3.05, 3.63) is 0 Å². The van der Waals surface area contributed by atoms with E-state index in [0.717, 1.165) is 18.1 Å². The van der Waals surface area contributed by atoms with Gasteiger partial charge in [0.15, 0.2) is 0 Å². The van der Waals surface area contributed by atoms with Crippen LogP contribution in [-0.4, -0.2) is 23.1 Å². The molecule has 1 atom stereocenters. The van der Waals surface area contributed by atoms with Crippen LogP contribution in [0.25, 0.3) is 0 Å². The van der Waals surface area contributed by atoms with E-state index in [-0.39, 0.29) is 6.10 Å². The lowest BCUT2D eigenvalue weighted by atomic mass is 10.0. The van der Waals surface area contributed by atoms with Gasteiger partial charge in [-0.25, -0.2) is 0 Å². The molecule has 1 fully saturated rings. The fourth-order valence-corrected chi connectivity index (χ4v) is 2.41. The Balaban J connectivity index is 1.75. The average Bonchev–Trinajstić information content (AvgIpc) is 2.73. The largest absolute Gasteiger partial charge is 0.290 e. The maximum absolute atomic E-state index is 9.05. The first-order valence-electron chi connectivity index (χ1n) is 7.46. The van der Waals surface area contributed by atoms with Crippen molar-refractivity contribution in [3.8, 4) is 0 Å². The minimum Gasteiger partial charge on any atom is -0.290 e. The second-order valence-electron chi connectivity index (χ2n) is 5.21. The summed E-state index contributed by atoms with van der Waals surface area (Å²) >= 11 is 0. The summed E-state index contributed by atoms with van der Waals surface area (Å²) < 4.78 is 0. The van der Waals surface area contributed by atoms with Crippen LogP contribution in [-0.2, 0) is 4.84 Å². The summed E-state index contributed by atoms with van der Waals surface area (Å²) in [6.07, 6.45) is 14.6. The van der Waals surface area contributed by atoms with Crippen molar-refractivity contribution in [2.24, 2.45) is 0 Å². The molecular weight excluding hydrogens is 214 g/mol. The molecule has 0 aromatic rings. The highest BCUT2D eigenvalue weighted by Crippen LogP contribution is 2.18. The van der Waals surface area contributed by atoms with Gasteiger partial charge in [0.25, 0.3) is 0 Å². The molecule has 0 bridgehead atoms. The summed E-state index contributed by atoms with van der Waals surface area (Å²) in [6.45, 7) is 2.93. The van der Waals surface area contributed by atoms with Gasteiger partial charge in [-0.05, 0) is 12.8 Å². The summed E-state index contributed by atoms with van der Waals surface area (Å²) in [6, 6.07) is 0. The molecule has 1 heterocycles. The van der Waals surface area contributed by atoms with Crippen molar-refractivity contribution in [1.82, 2.24) is 5.23 Å². The Labute approximate surface area is 106 Å². The maximum Gasteiger partial charge on any atom is 0.0833 e. The predicted molar refractivity (Wildman–Crippen MR) is 69.8 cm³/mol. The van der Waals surface area contributed by atoms with E-state index < -0.39 is 0 Å². The van der Waals surface area contributed by atoms with Gasteiger partial charge in [-0.1, -0.05) is 69.9 Å². The van der Waals surface area contributed by atoms with Gasteiger partial charge >= 0.3 is 0 Å². The smallest absolute Gasteiger partial charge is 0.0833 e. The fraction of sp³-hybridized carbons (Fsp3) is 1.00. The maximum atomic E-state index is 9.05. The van der Waals surface area contributed by atoms with Crippen LogP contribution >= 0.6 is 0 Å². The van der Waals surface area contributed by atoms with Gasteiger partial charge in [-0.15, -0.1) is 0 Å². The number of rotatable bonds is 10. The number of unbranched alkanes of at least 4 members (excludes halogenated alkanes) is 8. The fourth-order valence-electron chi connectivity index (χ4n) is 2.41. The predicted octanol–water partition coefficient (Wildman–Crippen LogP) is 4.30. The summed E-state index contributed by atoms with van der Waals surface area (Å²) in [5, 5.41) is 10.0. The molecule has 0 saturated carbocycles. The minimum absolute atomic E-state index is 0.268. The normalized spacial score (nSPS) is 21.2. The van der Waals surface area contributed by atoms with Gasteiger partial charge in [0, 0.05) is 0 Å². The molecule has 3 heteroatoms. The molecule has 1 rings (SSSR count). The molecule has 1 unspecified atom stereocenters. The highest BCUT2D eigenvalue weighted by Gasteiger charge is 2.21. The molecule has 1 aliphatic heterocycles. The standard InChI is InChI=1S/C14H29NO2/c1-2-3-4-5-6-7-8-9-10-11-14-12-13-15(16)17-14/h14,16H,2-13H2,1H3. The summed E-state index contributed by atoms with van der Waals surface area (Å²) in [4.78, 5) is 5.22. The van der Waals surface area contributed by atoms with Gasteiger partial charge in [0.1, 0.15) is 0 Å². The van der Waals surface area contributed by atoms with Gasteiger partial charge in [0.2, 0.25) is 0 Å². The van der Waals surface area contributed by atoms with Crippen molar-refractivity contribution < 1.29 is 10.0 Å². The molecule has 1 aliphatic rings. The second kappa shape index (κ2) is 9.86. The minimum atomic E-state index is 0.268. The third-order valence-corrected chi connectivity index (χ3v) is 3.54. The lowest BCUT2D eigenvalue weighted by molar-refractivity contribution is -0.325. The monoisotopic (exact) mass is 243 g/mol. The van der Waals surface area contributed by atoms with Crippen LogP contribution in [0.2, 0.25) is 0 Å². The van der Waals surface area contributed by atoms with E-state index in [9.17, 15) is 0 Å². The zero-order valence-corrected chi connectivity index (χ0v) is 11.4. The zero-order valence-electron chi connectivity index (χ0n) is 11.4. The molecule has 0 radical (unpaired) electrons. The number of hydrogen-bond donors (Lipinski definition) is 1. The molecule has 0 amide bonds. The van der Waals surface area contributed by atoms with E-state index in [2.05, 4.69) is 6.92 Å². The van der Waals surface area contributed by atoms with Crippen LogP contribution in [0.15, 0.2) is 0 Å². The number of hydroxylamine groups is 2. The van der Waals surface area contributed by atoms with Gasteiger partial charge < -0.3 is 0 Å². The first-order chi connectivity index (χ1) is 8.33. The molecule has 3 nitrogen and oxygen atoms in total. The Hall–Kier alpha value is -0.120. The van der Waals surface area contributed by atoms with E-state index in [1.165, 1.54) is 57.8 Å². The van der Waals surface area contributed by atoms with Crippen molar-refractivity contribution >= 4 is 0 Å². The molecule has 102 valence electrons. The van der Waals surface area contributed by atoms with Crippen LogP contribution in [0.4, 0.5) is 0 Å². The van der Waals surface area contributed by atoms with Crippen molar-refractivity contribution in [2.45, 2.75) is 83.7 Å². The van der Waals surface area contributed by atoms with E-state index in [4.69, 9.17) is 10.0 Å². The number of nitrogens with zero attached hydrogens (tertiary/aromatic N) is 1. The third kappa shape index (κ3) is 7.74. The Kier molecular flexibility index (Phi) is 8.67. The lowest BCUT2D eigenvalue weighted by Crippen LogP contribution is -2.14. The quantitative estimate of drug-likeness (QED) is 0.581. The molecule has 0 spiro atoms. The Morgan fingerprint density at radius 2 is 1.59 bits per heavy atom. The zero-order chi connectivity index (χ0) is 12.3. The summed E-state index contributed by atoms with van der Waals surface area (Å²) in [7, 11) is 0. The molecule has 0 aromatic carbocycles. The van der Waals surface area contributed by atoms with E-state index in [0.29, 0.717) is 6.54 Å². The average molecular weight is 243 g/mol. The molecule has 0 aliphatic carbocycles. The van der Waals surface area contributed by atoms with Crippen LogP contribution in [0, 0.1) is 0 Å². The van der Waals surface area contributed by atoms with Gasteiger partial charge in [0.05, 0.1) is 12.6 Å². The molecular formula is C14H29NO2. The van der Waals surface area contributed by atoms with E-state index >= 15 is 0 Å². The van der Waals surface area contributed by atoms with Gasteiger partial charge in [-0.3, -0.25) is 10.0 Å². The van der Waals surface area contributed by atoms with Crippen LogP contribution in [0.1, 0.15) is 77.6 Å². The van der Waals surface area contributed by atoms with E-state index in [1.54, 1.807) is 0 Å². The number of hydrogen-bond acceptors (Lipinski definition) is 3. The van der Waals surface area contributed by atoms with E-state index in [1.807, 2.05) is 0 Å².